The molecule has 2 aromatic rings. The van der Waals surface area contributed by atoms with Crippen molar-refractivity contribution in [1.29, 1.82) is 0 Å². The van der Waals surface area contributed by atoms with Gasteiger partial charge in [-0.15, -0.1) is 21.5 Å². The number of nitrogens with zero attached hydrogens (tertiary/aromatic N) is 3. The molecule has 0 aliphatic carbocycles. The number of piperidine rings is 1. The number of amides is 2. The SMILES string of the molecule is COCc1nnc(NC(=O)C2CCN(C(=O)c3cccs3)CC2)s1. The molecule has 24 heavy (non-hydrogen) atoms. The van der Waals surface area contributed by atoms with Crippen molar-refractivity contribution in [2.45, 2.75) is 19.4 Å². The number of likely N-dealkylation sites (tertiary alicyclic amines) is 1. The van der Waals surface area contributed by atoms with Crippen molar-refractivity contribution in [2.75, 3.05) is 25.5 Å². The summed E-state index contributed by atoms with van der Waals surface area (Å²) in [6.07, 6.45) is 1.32. The number of carbonyl (C=O) groups is 2. The van der Waals surface area contributed by atoms with Crippen LogP contribution in [-0.4, -0.2) is 47.1 Å². The average Bonchev–Trinajstić information content (AvgIpc) is 3.27. The highest BCUT2D eigenvalue weighted by Gasteiger charge is 2.28. The summed E-state index contributed by atoms with van der Waals surface area (Å²) in [6.45, 7) is 1.58. The number of anilines is 1. The van der Waals surface area contributed by atoms with Crippen LogP contribution in [0, 0.1) is 5.92 Å². The van der Waals surface area contributed by atoms with Crippen molar-refractivity contribution in [2.24, 2.45) is 5.92 Å². The zero-order valence-electron chi connectivity index (χ0n) is 13.2. The maximum atomic E-state index is 12.3. The van der Waals surface area contributed by atoms with E-state index in [0.29, 0.717) is 37.7 Å². The normalized spacial score (nSPS) is 15.5. The summed E-state index contributed by atoms with van der Waals surface area (Å²) < 4.78 is 4.99. The molecule has 0 atom stereocenters. The Morgan fingerprint density at radius 1 is 1.38 bits per heavy atom. The molecule has 2 aromatic heterocycles. The van der Waals surface area contributed by atoms with Crippen LogP contribution in [0.15, 0.2) is 17.5 Å². The highest BCUT2D eigenvalue weighted by molar-refractivity contribution is 7.15. The van der Waals surface area contributed by atoms with Gasteiger partial charge in [0.2, 0.25) is 11.0 Å². The number of methoxy groups -OCH3 is 1. The van der Waals surface area contributed by atoms with Crippen LogP contribution in [0.25, 0.3) is 0 Å². The van der Waals surface area contributed by atoms with Crippen LogP contribution in [0.1, 0.15) is 27.5 Å². The molecule has 3 heterocycles. The molecule has 0 radical (unpaired) electrons. The number of ether oxygens (including phenoxy) is 1. The standard InChI is InChI=1S/C15H18N4O3S2/c1-22-9-12-17-18-15(24-12)16-13(20)10-4-6-19(7-5-10)14(21)11-3-2-8-23-11/h2-3,8,10H,4-7,9H2,1H3,(H,16,18,20). The Kier molecular flexibility index (Phi) is 5.54. The summed E-state index contributed by atoms with van der Waals surface area (Å²) in [5.74, 6) is -0.109. The molecule has 128 valence electrons. The van der Waals surface area contributed by atoms with E-state index in [1.54, 1.807) is 7.11 Å². The molecule has 9 heteroatoms. The van der Waals surface area contributed by atoms with Gasteiger partial charge in [0.05, 0.1) is 4.88 Å². The topological polar surface area (TPSA) is 84.4 Å². The Hall–Kier alpha value is -1.84. The second-order valence-corrected chi connectivity index (χ2v) is 7.48. The number of rotatable bonds is 5. The summed E-state index contributed by atoms with van der Waals surface area (Å²) in [5, 5.41) is 13.8. The fourth-order valence-electron chi connectivity index (χ4n) is 2.59. The predicted molar refractivity (Wildman–Crippen MR) is 92.2 cm³/mol. The first kappa shape index (κ1) is 17.0. The summed E-state index contributed by atoms with van der Waals surface area (Å²) >= 11 is 2.76. The fourth-order valence-corrected chi connectivity index (χ4v) is 4.00. The number of aromatic nitrogens is 2. The molecular formula is C15H18N4O3S2. The molecular weight excluding hydrogens is 348 g/mol. The number of carbonyl (C=O) groups excluding carboxylic acids is 2. The minimum atomic E-state index is -0.104. The maximum Gasteiger partial charge on any atom is 0.263 e. The Morgan fingerprint density at radius 3 is 2.83 bits per heavy atom. The summed E-state index contributed by atoms with van der Waals surface area (Å²) in [6, 6.07) is 3.71. The van der Waals surface area contributed by atoms with Gasteiger partial charge in [-0.2, -0.15) is 0 Å². The number of hydrogen-bond donors (Lipinski definition) is 1. The lowest BCUT2D eigenvalue weighted by molar-refractivity contribution is -0.121. The summed E-state index contributed by atoms with van der Waals surface area (Å²) in [4.78, 5) is 27.2. The van der Waals surface area contributed by atoms with Gasteiger partial charge in [0.25, 0.3) is 5.91 Å². The van der Waals surface area contributed by atoms with Crippen molar-refractivity contribution in [3.05, 3.63) is 27.4 Å². The molecule has 1 saturated heterocycles. The van der Waals surface area contributed by atoms with E-state index >= 15 is 0 Å². The quantitative estimate of drug-likeness (QED) is 0.877. The van der Waals surface area contributed by atoms with E-state index in [-0.39, 0.29) is 17.7 Å². The summed E-state index contributed by atoms with van der Waals surface area (Å²) in [5.41, 5.74) is 0. The lowest BCUT2D eigenvalue weighted by atomic mass is 9.96. The third-order valence-corrected chi connectivity index (χ3v) is 5.52. The maximum absolute atomic E-state index is 12.3. The third-order valence-electron chi connectivity index (χ3n) is 3.85. The van der Waals surface area contributed by atoms with Crippen molar-refractivity contribution in [1.82, 2.24) is 15.1 Å². The minimum absolute atomic E-state index is 0.0530. The van der Waals surface area contributed by atoms with Gasteiger partial charge in [-0.25, -0.2) is 0 Å². The lowest BCUT2D eigenvalue weighted by Crippen LogP contribution is -2.41. The Labute approximate surface area is 147 Å². The first-order chi connectivity index (χ1) is 11.7. The minimum Gasteiger partial charge on any atom is -0.377 e. The molecule has 0 unspecified atom stereocenters. The zero-order valence-corrected chi connectivity index (χ0v) is 14.9. The van der Waals surface area contributed by atoms with Gasteiger partial charge < -0.3 is 15.0 Å². The van der Waals surface area contributed by atoms with Crippen LogP contribution >= 0.6 is 22.7 Å². The Bertz CT molecular complexity index is 693. The molecule has 1 N–H and O–H groups in total. The first-order valence-electron chi connectivity index (χ1n) is 7.62. The van der Waals surface area contributed by atoms with Crippen LogP contribution in [0.5, 0.6) is 0 Å². The largest absolute Gasteiger partial charge is 0.377 e. The van der Waals surface area contributed by atoms with Gasteiger partial charge in [0, 0.05) is 26.1 Å². The molecule has 1 aliphatic rings. The molecule has 2 amide bonds. The van der Waals surface area contributed by atoms with E-state index in [4.69, 9.17) is 4.74 Å². The molecule has 0 saturated carbocycles. The van der Waals surface area contributed by atoms with Gasteiger partial charge >= 0.3 is 0 Å². The smallest absolute Gasteiger partial charge is 0.263 e. The second-order valence-electron chi connectivity index (χ2n) is 5.47. The predicted octanol–water partition coefficient (Wildman–Crippen LogP) is 2.24. The van der Waals surface area contributed by atoms with Crippen molar-refractivity contribution < 1.29 is 14.3 Å². The van der Waals surface area contributed by atoms with Crippen LogP contribution < -0.4 is 5.32 Å². The van der Waals surface area contributed by atoms with Gasteiger partial charge in [0.15, 0.2) is 0 Å². The van der Waals surface area contributed by atoms with Crippen LogP contribution in [0.2, 0.25) is 0 Å². The third kappa shape index (κ3) is 3.97. The molecule has 1 aliphatic heterocycles. The molecule has 0 spiro atoms. The van der Waals surface area contributed by atoms with Crippen molar-refractivity contribution in [3.63, 3.8) is 0 Å². The summed E-state index contributed by atoms with van der Waals surface area (Å²) in [7, 11) is 1.59. The molecule has 3 rings (SSSR count). The first-order valence-corrected chi connectivity index (χ1v) is 9.32. The van der Waals surface area contributed by atoms with Crippen LogP contribution in [0.4, 0.5) is 5.13 Å². The molecule has 0 aromatic carbocycles. The highest BCUT2D eigenvalue weighted by atomic mass is 32.1. The van der Waals surface area contributed by atoms with Gasteiger partial charge in [-0.3, -0.25) is 9.59 Å². The van der Waals surface area contributed by atoms with Crippen molar-refractivity contribution >= 4 is 39.6 Å². The van der Waals surface area contributed by atoms with E-state index in [1.807, 2.05) is 22.4 Å². The van der Waals surface area contributed by atoms with Gasteiger partial charge in [-0.05, 0) is 24.3 Å². The van der Waals surface area contributed by atoms with Crippen molar-refractivity contribution in [3.8, 4) is 0 Å². The average molecular weight is 366 g/mol. The number of hydrogen-bond acceptors (Lipinski definition) is 7. The van der Waals surface area contributed by atoms with E-state index < -0.39 is 0 Å². The fraction of sp³-hybridized carbons (Fsp3) is 0.467. The highest BCUT2D eigenvalue weighted by Crippen LogP contribution is 2.23. The zero-order chi connectivity index (χ0) is 16.9. The van der Waals surface area contributed by atoms with E-state index in [9.17, 15) is 9.59 Å². The van der Waals surface area contributed by atoms with Gasteiger partial charge in [-0.1, -0.05) is 17.4 Å². The van der Waals surface area contributed by atoms with Crippen LogP contribution in [0.3, 0.4) is 0 Å². The molecule has 0 bridgehead atoms. The van der Waals surface area contributed by atoms with E-state index in [1.165, 1.54) is 22.7 Å². The molecule has 7 nitrogen and oxygen atoms in total. The van der Waals surface area contributed by atoms with E-state index in [2.05, 4.69) is 15.5 Å². The van der Waals surface area contributed by atoms with E-state index in [0.717, 1.165) is 9.88 Å². The lowest BCUT2D eigenvalue weighted by Gasteiger charge is -2.30. The Morgan fingerprint density at radius 2 is 2.17 bits per heavy atom. The number of nitrogens with one attached hydrogen (secondary N) is 1. The number of thiophene rings is 1. The monoisotopic (exact) mass is 366 g/mol. The second kappa shape index (κ2) is 7.82. The Balaban J connectivity index is 1.50. The molecule has 1 fully saturated rings. The van der Waals surface area contributed by atoms with Crippen LogP contribution in [-0.2, 0) is 16.1 Å². The van der Waals surface area contributed by atoms with Gasteiger partial charge in [0.1, 0.15) is 11.6 Å².